The number of halogens is 6. The Balaban J connectivity index is 3.40. The Bertz CT molecular complexity index is 504. The highest BCUT2D eigenvalue weighted by atomic mass is 79.9. The summed E-state index contributed by atoms with van der Waals surface area (Å²) in [6.45, 7) is 1.40. The predicted octanol–water partition coefficient (Wildman–Crippen LogP) is 3.91. The van der Waals surface area contributed by atoms with E-state index < -0.39 is 46.3 Å². The number of carbonyl (C=O) groups is 1. The summed E-state index contributed by atoms with van der Waals surface area (Å²) in [4.78, 5) is 14.6. The predicted molar refractivity (Wildman–Crippen MR) is 62.2 cm³/mol. The fourth-order valence-electron chi connectivity index (χ4n) is 1.55. The van der Waals surface area contributed by atoms with E-state index in [0.717, 1.165) is 0 Å². The van der Waals surface area contributed by atoms with Crippen molar-refractivity contribution in [1.82, 2.24) is 4.98 Å². The van der Waals surface area contributed by atoms with Crippen LogP contribution in [0.25, 0.3) is 0 Å². The molecule has 0 saturated heterocycles. The van der Waals surface area contributed by atoms with E-state index in [1.54, 1.807) is 0 Å². The number of nitrogens with zero attached hydrogens (tertiary/aromatic N) is 1. The minimum absolute atomic E-state index is 0.0591. The Kier molecular flexibility index (Phi) is 5.43. The zero-order chi connectivity index (χ0) is 15.5. The maximum atomic E-state index is 12.9. The van der Waals surface area contributed by atoms with E-state index in [1.165, 1.54) is 6.92 Å². The number of carbonyl (C=O) groups excluding carboxylic acids is 1. The molecule has 3 nitrogen and oxygen atoms in total. The van der Waals surface area contributed by atoms with Crippen molar-refractivity contribution in [1.29, 1.82) is 0 Å². The van der Waals surface area contributed by atoms with Crippen LogP contribution in [0, 0.1) is 0 Å². The first-order chi connectivity index (χ1) is 9.18. The van der Waals surface area contributed by atoms with Crippen molar-refractivity contribution in [3.63, 3.8) is 0 Å². The third kappa shape index (κ3) is 3.87. The number of rotatable bonds is 4. The molecule has 0 aliphatic heterocycles. The first-order valence-electron chi connectivity index (χ1n) is 5.36. The molecule has 0 unspecified atom stereocenters. The van der Waals surface area contributed by atoms with Gasteiger partial charge in [-0.05, 0) is 28.4 Å². The molecule has 1 rings (SSSR count). The monoisotopic (exact) mass is 361 g/mol. The van der Waals surface area contributed by atoms with Crippen LogP contribution in [0.1, 0.15) is 30.0 Å². The lowest BCUT2D eigenvalue weighted by Crippen LogP contribution is -2.17. The van der Waals surface area contributed by atoms with Crippen molar-refractivity contribution in [3.05, 3.63) is 27.5 Å². The molecule has 0 aliphatic rings. The summed E-state index contributed by atoms with van der Waals surface area (Å²) in [5.41, 5.74) is -3.15. The Morgan fingerprint density at radius 2 is 2.05 bits per heavy atom. The van der Waals surface area contributed by atoms with Crippen LogP contribution in [0.5, 0.6) is 0 Å². The Morgan fingerprint density at radius 1 is 1.45 bits per heavy atom. The summed E-state index contributed by atoms with van der Waals surface area (Å²) in [6.07, 6.45) is -8.59. The highest BCUT2D eigenvalue weighted by Gasteiger charge is 2.37. The summed E-state index contributed by atoms with van der Waals surface area (Å²) in [5.74, 6) is -1.02. The van der Waals surface area contributed by atoms with Crippen molar-refractivity contribution >= 4 is 21.9 Å². The smallest absolute Gasteiger partial charge is 0.418 e. The standard InChI is InChI=1S/C11H9BrF5NO2/c1-2-20-7(19)3-5-6(11(15,16)17)4-18-9(12)8(5)10(13)14/h4,10H,2-3H2,1H3. The van der Waals surface area contributed by atoms with Gasteiger partial charge in [-0.15, -0.1) is 0 Å². The summed E-state index contributed by atoms with van der Waals surface area (Å²) in [5, 5.41) is 0. The van der Waals surface area contributed by atoms with Gasteiger partial charge >= 0.3 is 12.1 Å². The number of hydrogen-bond donors (Lipinski definition) is 0. The normalized spacial score (nSPS) is 11.8. The number of ether oxygens (including phenoxy) is 1. The molecule has 0 radical (unpaired) electrons. The number of esters is 1. The number of aromatic nitrogens is 1. The molecular formula is C11H9BrF5NO2. The van der Waals surface area contributed by atoms with Gasteiger partial charge in [0.25, 0.3) is 6.43 Å². The van der Waals surface area contributed by atoms with Gasteiger partial charge in [0.05, 0.1) is 24.2 Å². The molecule has 0 fully saturated rings. The van der Waals surface area contributed by atoms with Crippen LogP contribution in [0.3, 0.4) is 0 Å². The minimum Gasteiger partial charge on any atom is -0.466 e. The molecule has 112 valence electrons. The van der Waals surface area contributed by atoms with E-state index in [-0.39, 0.29) is 6.61 Å². The lowest BCUT2D eigenvalue weighted by Gasteiger charge is -2.16. The molecule has 9 heteroatoms. The maximum absolute atomic E-state index is 12.9. The fourth-order valence-corrected chi connectivity index (χ4v) is 2.07. The van der Waals surface area contributed by atoms with E-state index in [9.17, 15) is 26.7 Å². The zero-order valence-corrected chi connectivity index (χ0v) is 11.7. The second-order valence-electron chi connectivity index (χ2n) is 3.64. The summed E-state index contributed by atoms with van der Waals surface area (Å²) >= 11 is 2.67. The number of hydrogen-bond acceptors (Lipinski definition) is 3. The van der Waals surface area contributed by atoms with E-state index in [0.29, 0.717) is 6.20 Å². The van der Waals surface area contributed by atoms with Crippen LogP contribution >= 0.6 is 15.9 Å². The van der Waals surface area contributed by atoms with Gasteiger partial charge in [0, 0.05) is 6.20 Å². The molecule has 1 aromatic rings. The third-order valence-electron chi connectivity index (χ3n) is 2.33. The largest absolute Gasteiger partial charge is 0.466 e. The molecule has 1 aromatic heterocycles. The first kappa shape index (κ1) is 16.8. The second kappa shape index (κ2) is 6.47. The van der Waals surface area contributed by atoms with E-state index in [1.807, 2.05) is 0 Å². The molecule has 0 bridgehead atoms. The first-order valence-corrected chi connectivity index (χ1v) is 6.16. The van der Waals surface area contributed by atoms with Crippen molar-refractivity contribution in [3.8, 4) is 0 Å². The van der Waals surface area contributed by atoms with Crippen molar-refractivity contribution < 1.29 is 31.5 Å². The molecule has 0 saturated carbocycles. The van der Waals surface area contributed by atoms with Gasteiger partial charge in [0.1, 0.15) is 4.60 Å². The van der Waals surface area contributed by atoms with Crippen molar-refractivity contribution in [2.24, 2.45) is 0 Å². The fraction of sp³-hybridized carbons (Fsp3) is 0.455. The second-order valence-corrected chi connectivity index (χ2v) is 4.39. The molecule has 0 spiro atoms. The molecule has 1 heterocycles. The summed E-state index contributed by atoms with van der Waals surface area (Å²) in [7, 11) is 0. The quantitative estimate of drug-likeness (QED) is 0.463. The topological polar surface area (TPSA) is 39.2 Å². The van der Waals surface area contributed by atoms with Crippen molar-refractivity contribution in [2.75, 3.05) is 6.61 Å². The van der Waals surface area contributed by atoms with Gasteiger partial charge in [-0.25, -0.2) is 13.8 Å². The Hall–Kier alpha value is -1.25. The van der Waals surface area contributed by atoms with Gasteiger partial charge in [-0.2, -0.15) is 13.2 Å². The van der Waals surface area contributed by atoms with Gasteiger partial charge in [0.2, 0.25) is 0 Å². The molecule has 20 heavy (non-hydrogen) atoms. The average Bonchev–Trinajstić information content (AvgIpc) is 2.26. The van der Waals surface area contributed by atoms with Crippen LogP contribution in [0.4, 0.5) is 22.0 Å². The van der Waals surface area contributed by atoms with Crippen LogP contribution in [-0.2, 0) is 22.1 Å². The summed E-state index contributed by atoms with van der Waals surface area (Å²) < 4.78 is 68.3. The molecule has 0 aliphatic carbocycles. The highest BCUT2D eigenvalue weighted by Crippen LogP contribution is 2.38. The Morgan fingerprint density at radius 3 is 2.50 bits per heavy atom. The van der Waals surface area contributed by atoms with E-state index in [4.69, 9.17) is 0 Å². The Labute approximate surface area is 119 Å². The van der Waals surface area contributed by atoms with Gasteiger partial charge < -0.3 is 4.74 Å². The molecular weight excluding hydrogens is 353 g/mol. The van der Waals surface area contributed by atoms with Gasteiger partial charge in [0.15, 0.2) is 0 Å². The SMILES string of the molecule is CCOC(=O)Cc1c(C(F)(F)F)cnc(Br)c1C(F)F. The van der Waals surface area contributed by atoms with Crippen LogP contribution < -0.4 is 0 Å². The average molecular weight is 362 g/mol. The van der Waals surface area contributed by atoms with Crippen LogP contribution in [0.15, 0.2) is 10.8 Å². The third-order valence-corrected chi connectivity index (χ3v) is 2.96. The van der Waals surface area contributed by atoms with E-state index in [2.05, 4.69) is 25.7 Å². The minimum atomic E-state index is -4.89. The van der Waals surface area contributed by atoms with Gasteiger partial charge in [-0.3, -0.25) is 4.79 Å². The lowest BCUT2D eigenvalue weighted by molar-refractivity contribution is -0.143. The summed E-state index contributed by atoms with van der Waals surface area (Å²) in [6, 6.07) is 0. The highest BCUT2D eigenvalue weighted by molar-refractivity contribution is 9.10. The molecule has 0 N–H and O–H groups in total. The molecule has 0 amide bonds. The molecule has 0 atom stereocenters. The van der Waals surface area contributed by atoms with Crippen LogP contribution in [0.2, 0.25) is 0 Å². The van der Waals surface area contributed by atoms with Crippen LogP contribution in [-0.4, -0.2) is 17.6 Å². The van der Waals surface area contributed by atoms with E-state index >= 15 is 0 Å². The number of pyridine rings is 1. The maximum Gasteiger partial charge on any atom is 0.418 e. The van der Waals surface area contributed by atoms with Gasteiger partial charge in [-0.1, -0.05) is 0 Å². The number of alkyl halides is 5. The van der Waals surface area contributed by atoms with Crippen molar-refractivity contribution in [2.45, 2.75) is 25.9 Å². The molecule has 0 aromatic carbocycles. The lowest BCUT2D eigenvalue weighted by atomic mass is 10.0. The zero-order valence-electron chi connectivity index (χ0n) is 10.1.